The first-order chi connectivity index (χ1) is 9.74. The maximum Gasteiger partial charge on any atom is 0.306 e. The molecule has 104 valence electrons. The quantitative estimate of drug-likeness (QED) is 0.930. The zero-order valence-corrected chi connectivity index (χ0v) is 11.3. The summed E-state index contributed by atoms with van der Waals surface area (Å²) in [7, 11) is 0. The second kappa shape index (κ2) is 5.49. The summed E-state index contributed by atoms with van der Waals surface area (Å²) in [5, 5.41) is 9.03. The third-order valence-electron chi connectivity index (χ3n) is 4.14. The number of carboxylic acid groups (broad SMARTS) is 1. The molecule has 3 rings (SSSR count). The zero-order valence-electron chi connectivity index (χ0n) is 11.3. The number of rotatable bonds is 3. The van der Waals surface area contributed by atoms with Gasteiger partial charge in [0.25, 0.3) is 0 Å². The Morgan fingerprint density at radius 2 is 1.85 bits per heavy atom. The molecule has 0 saturated heterocycles. The lowest BCUT2D eigenvalue weighted by Gasteiger charge is -2.26. The van der Waals surface area contributed by atoms with E-state index in [2.05, 4.69) is 15.7 Å². The molecule has 1 heterocycles. The summed E-state index contributed by atoms with van der Waals surface area (Å²) in [5.74, 6) is -0.817. The maximum atomic E-state index is 11.0. The molecule has 1 aliphatic rings. The molecule has 0 radical (unpaired) electrons. The lowest BCUT2D eigenvalue weighted by Crippen LogP contribution is -2.22. The molecule has 4 nitrogen and oxygen atoms in total. The Labute approximate surface area is 118 Å². The largest absolute Gasteiger partial charge is 0.481 e. The number of hydrogen-bond acceptors (Lipinski definition) is 2. The third kappa shape index (κ3) is 2.59. The van der Waals surface area contributed by atoms with Crippen LogP contribution in [0.4, 0.5) is 0 Å². The van der Waals surface area contributed by atoms with Crippen LogP contribution in [-0.2, 0) is 4.79 Å². The van der Waals surface area contributed by atoms with Crippen LogP contribution in [-0.4, -0.2) is 20.6 Å². The highest BCUT2D eigenvalue weighted by Crippen LogP contribution is 2.33. The highest BCUT2D eigenvalue weighted by Gasteiger charge is 2.26. The summed E-state index contributed by atoms with van der Waals surface area (Å²) < 4.78 is 2.14. The third-order valence-corrected chi connectivity index (χ3v) is 4.14. The van der Waals surface area contributed by atoms with Gasteiger partial charge in [-0.25, -0.2) is 4.98 Å². The van der Waals surface area contributed by atoms with Gasteiger partial charge in [0, 0.05) is 17.8 Å². The SMILES string of the molecule is O=C(O)C1CCC(n2cnc(-c3ccccc3)c2)CC1. The number of carboxylic acids is 1. The van der Waals surface area contributed by atoms with Crippen LogP contribution in [0.1, 0.15) is 31.7 Å². The van der Waals surface area contributed by atoms with Crippen molar-refractivity contribution in [2.45, 2.75) is 31.7 Å². The standard InChI is InChI=1S/C16H18N2O2/c19-16(20)13-6-8-14(9-7-13)18-10-15(17-11-18)12-4-2-1-3-5-12/h1-5,10-11,13-14H,6-9H2,(H,19,20). The fourth-order valence-corrected chi connectivity index (χ4v) is 2.92. The molecule has 0 bridgehead atoms. The van der Waals surface area contributed by atoms with Crippen LogP contribution in [0.15, 0.2) is 42.9 Å². The van der Waals surface area contributed by atoms with E-state index in [4.69, 9.17) is 5.11 Å². The molecule has 0 atom stereocenters. The second-order valence-electron chi connectivity index (χ2n) is 5.42. The van der Waals surface area contributed by atoms with E-state index in [1.165, 1.54) is 0 Å². The molecule has 1 fully saturated rings. The molecule has 0 spiro atoms. The first-order valence-electron chi connectivity index (χ1n) is 7.06. The Bertz CT molecular complexity index is 584. The summed E-state index contributed by atoms with van der Waals surface area (Å²) in [6.07, 6.45) is 7.30. The number of nitrogens with zero attached hydrogens (tertiary/aromatic N) is 2. The number of carbonyl (C=O) groups is 1. The molecule has 1 aromatic heterocycles. The normalized spacial score (nSPS) is 22.6. The molecule has 0 unspecified atom stereocenters. The summed E-state index contributed by atoms with van der Waals surface area (Å²) in [6, 6.07) is 10.5. The fraction of sp³-hybridized carbons (Fsp3) is 0.375. The van der Waals surface area contributed by atoms with E-state index in [-0.39, 0.29) is 5.92 Å². The van der Waals surface area contributed by atoms with E-state index in [1.54, 1.807) is 0 Å². The highest BCUT2D eigenvalue weighted by atomic mass is 16.4. The van der Waals surface area contributed by atoms with E-state index in [0.29, 0.717) is 6.04 Å². The van der Waals surface area contributed by atoms with Crippen LogP contribution in [0.3, 0.4) is 0 Å². The van der Waals surface area contributed by atoms with Gasteiger partial charge in [0.1, 0.15) is 0 Å². The van der Waals surface area contributed by atoms with Crippen LogP contribution in [0.25, 0.3) is 11.3 Å². The van der Waals surface area contributed by atoms with Crippen molar-refractivity contribution in [3.05, 3.63) is 42.9 Å². The fourth-order valence-electron chi connectivity index (χ4n) is 2.92. The molecular weight excluding hydrogens is 252 g/mol. The minimum Gasteiger partial charge on any atom is -0.481 e. The van der Waals surface area contributed by atoms with Crippen molar-refractivity contribution < 1.29 is 9.90 Å². The second-order valence-corrected chi connectivity index (χ2v) is 5.42. The summed E-state index contributed by atoms with van der Waals surface area (Å²) in [5.41, 5.74) is 2.09. The molecule has 1 saturated carbocycles. The van der Waals surface area contributed by atoms with Gasteiger partial charge in [0.15, 0.2) is 0 Å². The Hall–Kier alpha value is -2.10. The van der Waals surface area contributed by atoms with Gasteiger partial charge in [0.05, 0.1) is 17.9 Å². The molecule has 0 amide bonds. The minimum absolute atomic E-state index is 0.164. The van der Waals surface area contributed by atoms with Crippen molar-refractivity contribution in [2.75, 3.05) is 0 Å². The van der Waals surface area contributed by atoms with Crippen molar-refractivity contribution in [2.24, 2.45) is 5.92 Å². The van der Waals surface area contributed by atoms with Crippen LogP contribution >= 0.6 is 0 Å². The predicted octanol–water partition coefficient (Wildman–Crippen LogP) is 3.37. The molecule has 1 aliphatic carbocycles. The van der Waals surface area contributed by atoms with Crippen LogP contribution in [0, 0.1) is 5.92 Å². The Morgan fingerprint density at radius 3 is 2.50 bits per heavy atom. The van der Waals surface area contributed by atoms with Gasteiger partial charge < -0.3 is 9.67 Å². The molecule has 1 aromatic carbocycles. The van der Waals surface area contributed by atoms with E-state index >= 15 is 0 Å². The monoisotopic (exact) mass is 270 g/mol. The number of benzene rings is 1. The Balaban J connectivity index is 1.71. The van der Waals surface area contributed by atoms with Crippen molar-refractivity contribution in [1.29, 1.82) is 0 Å². The summed E-state index contributed by atoms with van der Waals surface area (Å²) in [6.45, 7) is 0. The summed E-state index contributed by atoms with van der Waals surface area (Å²) in [4.78, 5) is 15.4. The summed E-state index contributed by atoms with van der Waals surface area (Å²) >= 11 is 0. The lowest BCUT2D eigenvalue weighted by atomic mass is 9.86. The zero-order chi connectivity index (χ0) is 13.9. The molecule has 2 aromatic rings. The van der Waals surface area contributed by atoms with Crippen molar-refractivity contribution in [3.63, 3.8) is 0 Å². The van der Waals surface area contributed by atoms with Gasteiger partial charge in [-0.15, -0.1) is 0 Å². The van der Waals surface area contributed by atoms with Crippen LogP contribution in [0.5, 0.6) is 0 Å². The number of hydrogen-bond donors (Lipinski definition) is 1. The van der Waals surface area contributed by atoms with Crippen LogP contribution < -0.4 is 0 Å². The maximum absolute atomic E-state index is 11.0. The molecule has 0 aliphatic heterocycles. The number of imidazole rings is 1. The average molecular weight is 270 g/mol. The lowest BCUT2D eigenvalue weighted by molar-refractivity contribution is -0.143. The first kappa shape index (κ1) is 12.9. The van der Waals surface area contributed by atoms with Gasteiger partial charge in [-0.3, -0.25) is 4.79 Å². The van der Waals surface area contributed by atoms with Crippen LogP contribution in [0.2, 0.25) is 0 Å². The minimum atomic E-state index is -0.654. The van der Waals surface area contributed by atoms with E-state index in [9.17, 15) is 4.79 Å². The number of aromatic nitrogens is 2. The molecular formula is C16H18N2O2. The number of aliphatic carboxylic acids is 1. The van der Waals surface area contributed by atoms with Crippen molar-refractivity contribution in [1.82, 2.24) is 9.55 Å². The molecule has 1 N–H and O–H groups in total. The predicted molar refractivity (Wildman–Crippen MR) is 76.3 cm³/mol. The van der Waals surface area contributed by atoms with Gasteiger partial charge in [-0.05, 0) is 25.7 Å². The highest BCUT2D eigenvalue weighted by molar-refractivity contribution is 5.70. The van der Waals surface area contributed by atoms with Gasteiger partial charge in [-0.1, -0.05) is 30.3 Å². The Morgan fingerprint density at radius 1 is 1.15 bits per heavy atom. The Kier molecular flexibility index (Phi) is 3.54. The average Bonchev–Trinajstić information content (AvgIpc) is 2.98. The molecule has 4 heteroatoms. The van der Waals surface area contributed by atoms with Crippen molar-refractivity contribution in [3.8, 4) is 11.3 Å². The van der Waals surface area contributed by atoms with E-state index in [1.807, 2.05) is 36.7 Å². The smallest absolute Gasteiger partial charge is 0.306 e. The first-order valence-corrected chi connectivity index (χ1v) is 7.06. The van der Waals surface area contributed by atoms with E-state index < -0.39 is 5.97 Å². The molecule has 20 heavy (non-hydrogen) atoms. The van der Waals surface area contributed by atoms with E-state index in [0.717, 1.165) is 36.9 Å². The topological polar surface area (TPSA) is 55.1 Å². The van der Waals surface area contributed by atoms with Gasteiger partial charge in [-0.2, -0.15) is 0 Å². The van der Waals surface area contributed by atoms with Gasteiger partial charge in [0.2, 0.25) is 0 Å². The van der Waals surface area contributed by atoms with Gasteiger partial charge >= 0.3 is 5.97 Å². The van der Waals surface area contributed by atoms with Crippen molar-refractivity contribution >= 4 is 5.97 Å².